The summed E-state index contributed by atoms with van der Waals surface area (Å²) in [6.07, 6.45) is 0.215. The quantitative estimate of drug-likeness (QED) is 0.568. The molecule has 8 nitrogen and oxygen atoms in total. The van der Waals surface area contributed by atoms with Crippen molar-refractivity contribution in [1.29, 1.82) is 0 Å². The van der Waals surface area contributed by atoms with Crippen molar-refractivity contribution in [1.82, 2.24) is 14.1 Å². The van der Waals surface area contributed by atoms with Gasteiger partial charge in [-0.25, -0.2) is 9.80 Å². The van der Waals surface area contributed by atoms with Crippen molar-refractivity contribution in [2.45, 2.75) is 53.1 Å². The molecular weight excluding hydrogens is 312 g/mol. The van der Waals surface area contributed by atoms with Crippen molar-refractivity contribution in [3.8, 4) is 0 Å². The molecule has 0 spiro atoms. The van der Waals surface area contributed by atoms with Crippen LogP contribution in [0.2, 0.25) is 0 Å². The van der Waals surface area contributed by atoms with Gasteiger partial charge in [0.15, 0.2) is 0 Å². The van der Waals surface area contributed by atoms with E-state index in [2.05, 4.69) is 5.43 Å². The maximum absolute atomic E-state index is 12.6. The molecule has 0 aromatic carbocycles. The van der Waals surface area contributed by atoms with E-state index in [0.717, 1.165) is 0 Å². The smallest absolute Gasteiger partial charge is 0.333 e. The second kappa shape index (κ2) is 8.68. The van der Waals surface area contributed by atoms with Crippen LogP contribution in [0.5, 0.6) is 0 Å². The van der Waals surface area contributed by atoms with E-state index in [0.29, 0.717) is 19.0 Å². The van der Waals surface area contributed by atoms with Gasteiger partial charge in [-0.2, -0.15) is 0 Å². The summed E-state index contributed by atoms with van der Waals surface area (Å²) in [5.41, 5.74) is 2.31. The number of aromatic nitrogens is 2. The molecule has 1 aromatic rings. The molecule has 136 valence electrons. The fraction of sp³-hybridized carbons (Fsp3) is 0.688. The third kappa shape index (κ3) is 4.95. The van der Waals surface area contributed by atoms with Crippen LogP contribution in [0, 0.1) is 0 Å². The zero-order valence-corrected chi connectivity index (χ0v) is 15.3. The summed E-state index contributed by atoms with van der Waals surface area (Å²) in [5.74, 6) is 0.117. The molecule has 0 saturated heterocycles. The molecule has 0 bridgehead atoms. The summed E-state index contributed by atoms with van der Waals surface area (Å²) in [6.45, 7) is 9.83. The third-order valence-electron chi connectivity index (χ3n) is 3.46. The van der Waals surface area contributed by atoms with Crippen LogP contribution in [-0.2, 0) is 9.53 Å². The summed E-state index contributed by atoms with van der Waals surface area (Å²) in [5, 5.41) is 1.66. The first kappa shape index (κ1) is 20.0. The molecule has 0 aliphatic heterocycles. The average Bonchev–Trinajstić information content (AvgIpc) is 2.44. The number of ether oxygens (including phenoxy) is 1. The van der Waals surface area contributed by atoms with Crippen LogP contribution in [0.25, 0.3) is 0 Å². The van der Waals surface area contributed by atoms with Gasteiger partial charge in [-0.1, -0.05) is 0 Å². The van der Waals surface area contributed by atoms with Gasteiger partial charge in [-0.3, -0.25) is 18.7 Å². The van der Waals surface area contributed by atoms with E-state index in [9.17, 15) is 14.4 Å². The van der Waals surface area contributed by atoms with E-state index in [4.69, 9.17) is 4.74 Å². The largest absolute Gasteiger partial charge is 0.466 e. The van der Waals surface area contributed by atoms with Gasteiger partial charge in [-0.15, -0.1) is 0 Å². The van der Waals surface area contributed by atoms with Crippen LogP contribution in [0.3, 0.4) is 0 Å². The molecular formula is C16H28N4O4. The molecule has 0 radical (unpaired) electrons. The monoisotopic (exact) mass is 340 g/mol. The Morgan fingerprint density at radius 1 is 1.21 bits per heavy atom. The lowest BCUT2D eigenvalue weighted by molar-refractivity contribution is -0.143. The van der Waals surface area contributed by atoms with Gasteiger partial charge in [0.1, 0.15) is 5.82 Å². The molecule has 1 aromatic heterocycles. The number of anilines is 1. The number of nitrogens with zero attached hydrogens (tertiary/aromatic N) is 3. The molecule has 8 heteroatoms. The van der Waals surface area contributed by atoms with Crippen LogP contribution in [0.4, 0.5) is 5.82 Å². The number of hydrazine groups is 1. The number of esters is 1. The number of carbonyl (C=O) groups is 1. The van der Waals surface area contributed by atoms with Crippen molar-refractivity contribution in [2.75, 3.05) is 25.6 Å². The molecule has 1 rings (SSSR count). The molecule has 0 aliphatic carbocycles. The Labute approximate surface area is 142 Å². The fourth-order valence-corrected chi connectivity index (χ4v) is 2.37. The number of hydrogen-bond donors (Lipinski definition) is 1. The Morgan fingerprint density at radius 2 is 1.79 bits per heavy atom. The zero-order valence-electron chi connectivity index (χ0n) is 15.3. The maximum atomic E-state index is 12.6. The molecule has 1 heterocycles. The summed E-state index contributed by atoms with van der Waals surface area (Å²) < 4.78 is 7.64. The van der Waals surface area contributed by atoms with Gasteiger partial charge in [0.2, 0.25) is 0 Å². The predicted molar refractivity (Wildman–Crippen MR) is 93.2 cm³/mol. The van der Waals surface area contributed by atoms with Gasteiger partial charge in [-0.05, 0) is 34.6 Å². The SMILES string of the molecule is CCOC(=O)CCN(C)Nc1cc(=O)n(C(C)C)c(=O)n1C(C)C. The standard InChI is InChI=1S/C16H28N4O4/c1-7-24-15(22)8-9-18(6)17-13-10-14(21)20(12(4)5)16(23)19(13)11(2)3/h10-12,17H,7-9H2,1-6H3. The Morgan fingerprint density at radius 3 is 2.29 bits per heavy atom. The maximum Gasteiger partial charge on any atom is 0.333 e. The van der Waals surface area contributed by atoms with Gasteiger partial charge in [0.05, 0.1) is 13.0 Å². The van der Waals surface area contributed by atoms with Gasteiger partial charge in [0.25, 0.3) is 5.56 Å². The van der Waals surface area contributed by atoms with Crippen molar-refractivity contribution in [2.24, 2.45) is 0 Å². The van der Waals surface area contributed by atoms with Crippen LogP contribution < -0.4 is 16.7 Å². The van der Waals surface area contributed by atoms with E-state index in [-0.39, 0.29) is 35.7 Å². The Hall–Kier alpha value is -2.09. The van der Waals surface area contributed by atoms with Crippen molar-refractivity contribution >= 4 is 11.8 Å². The highest BCUT2D eigenvalue weighted by molar-refractivity contribution is 5.69. The van der Waals surface area contributed by atoms with Crippen LogP contribution in [-0.4, -0.2) is 40.3 Å². The highest BCUT2D eigenvalue weighted by atomic mass is 16.5. The van der Waals surface area contributed by atoms with Crippen molar-refractivity contribution in [3.63, 3.8) is 0 Å². The first-order valence-electron chi connectivity index (χ1n) is 8.20. The van der Waals surface area contributed by atoms with Gasteiger partial charge in [0, 0.05) is 31.7 Å². The second-order valence-corrected chi connectivity index (χ2v) is 6.17. The lowest BCUT2D eigenvalue weighted by Crippen LogP contribution is -2.43. The van der Waals surface area contributed by atoms with Gasteiger partial charge >= 0.3 is 11.7 Å². The van der Waals surface area contributed by atoms with E-state index < -0.39 is 0 Å². The highest BCUT2D eigenvalue weighted by Crippen LogP contribution is 2.11. The third-order valence-corrected chi connectivity index (χ3v) is 3.46. The average molecular weight is 340 g/mol. The first-order valence-corrected chi connectivity index (χ1v) is 8.20. The molecule has 0 aliphatic rings. The Kier molecular flexibility index (Phi) is 7.21. The summed E-state index contributed by atoms with van der Waals surface area (Å²) >= 11 is 0. The molecule has 0 atom stereocenters. The second-order valence-electron chi connectivity index (χ2n) is 6.17. The number of rotatable bonds is 8. The minimum absolute atomic E-state index is 0.121. The summed E-state index contributed by atoms with van der Waals surface area (Å²) in [7, 11) is 1.74. The fourth-order valence-electron chi connectivity index (χ4n) is 2.37. The van der Waals surface area contributed by atoms with Crippen molar-refractivity contribution < 1.29 is 9.53 Å². The van der Waals surface area contributed by atoms with Crippen LogP contribution >= 0.6 is 0 Å². The topological polar surface area (TPSA) is 85.6 Å². The lowest BCUT2D eigenvalue weighted by Gasteiger charge is -2.24. The van der Waals surface area contributed by atoms with E-state index in [1.165, 1.54) is 15.2 Å². The lowest BCUT2D eigenvalue weighted by atomic mass is 10.3. The predicted octanol–water partition coefficient (Wildman–Crippen LogP) is 1.38. The number of hydrogen-bond acceptors (Lipinski definition) is 6. The Balaban J connectivity index is 3.05. The Bertz CT molecular complexity index is 676. The highest BCUT2D eigenvalue weighted by Gasteiger charge is 2.16. The molecule has 0 unspecified atom stereocenters. The molecule has 0 amide bonds. The van der Waals surface area contributed by atoms with Crippen LogP contribution in [0.1, 0.15) is 53.1 Å². The molecule has 0 fully saturated rings. The zero-order chi connectivity index (χ0) is 18.4. The van der Waals surface area contributed by atoms with E-state index in [1.54, 1.807) is 32.8 Å². The van der Waals surface area contributed by atoms with Gasteiger partial charge < -0.3 is 10.2 Å². The summed E-state index contributed by atoms with van der Waals surface area (Å²) in [4.78, 5) is 36.3. The summed E-state index contributed by atoms with van der Waals surface area (Å²) in [6, 6.07) is 1.07. The minimum Gasteiger partial charge on any atom is -0.466 e. The number of carbonyl (C=O) groups excluding carboxylic acids is 1. The van der Waals surface area contributed by atoms with Crippen molar-refractivity contribution in [3.05, 3.63) is 26.9 Å². The first-order chi connectivity index (χ1) is 11.2. The normalized spacial score (nSPS) is 11.4. The minimum atomic E-state index is -0.354. The molecule has 24 heavy (non-hydrogen) atoms. The number of nitrogens with one attached hydrogen (secondary N) is 1. The molecule has 0 saturated carbocycles. The van der Waals surface area contributed by atoms with E-state index >= 15 is 0 Å². The van der Waals surface area contributed by atoms with Crippen LogP contribution in [0.15, 0.2) is 15.7 Å². The molecule has 1 N–H and O–H groups in total. The van der Waals surface area contributed by atoms with E-state index in [1.807, 2.05) is 13.8 Å².